The molecule has 0 aliphatic carbocycles. The van der Waals surface area contributed by atoms with Gasteiger partial charge in [-0.05, 0) is 48.4 Å². The molecule has 1 heterocycles. The van der Waals surface area contributed by atoms with E-state index in [0.717, 1.165) is 49.4 Å². The van der Waals surface area contributed by atoms with Gasteiger partial charge in [-0.25, -0.2) is 0 Å². The van der Waals surface area contributed by atoms with Gasteiger partial charge in [-0.3, -0.25) is 4.79 Å². The van der Waals surface area contributed by atoms with Crippen LogP contribution in [0.25, 0.3) is 0 Å². The maximum absolute atomic E-state index is 12.5. The Morgan fingerprint density at radius 3 is 2.31 bits per heavy atom. The molecular weight excluding hydrogens is 326 g/mol. The summed E-state index contributed by atoms with van der Waals surface area (Å²) in [5.74, 6) is 2.38. The van der Waals surface area contributed by atoms with Gasteiger partial charge in [0, 0.05) is 13.1 Å². The first-order valence-electron chi connectivity index (χ1n) is 9.22. The van der Waals surface area contributed by atoms with Crippen LogP contribution in [-0.4, -0.2) is 38.1 Å². The second kappa shape index (κ2) is 8.75. The van der Waals surface area contributed by atoms with Crippen molar-refractivity contribution in [1.82, 2.24) is 4.90 Å². The Morgan fingerprint density at radius 2 is 1.65 bits per heavy atom. The van der Waals surface area contributed by atoms with Crippen LogP contribution in [0.15, 0.2) is 48.5 Å². The minimum absolute atomic E-state index is 0.237. The number of likely N-dealkylation sites (tertiary alicyclic amines) is 1. The summed E-state index contributed by atoms with van der Waals surface area (Å²) in [7, 11) is 3.32. The van der Waals surface area contributed by atoms with E-state index in [2.05, 4.69) is 12.1 Å². The zero-order chi connectivity index (χ0) is 18.4. The largest absolute Gasteiger partial charge is 0.493 e. The zero-order valence-electron chi connectivity index (χ0n) is 15.6. The summed E-state index contributed by atoms with van der Waals surface area (Å²) in [5.41, 5.74) is 2.35. The van der Waals surface area contributed by atoms with Crippen molar-refractivity contribution in [2.45, 2.75) is 25.7 Å². The molecule has 1 saturated heterocycles. The molecule has 2 aromatic rings. The van der Waals surface area contributed by atoms with E-state index >= 15 is 0 Å². The fourth-order valence-electron chi connectivity index (χ4n) is 3.61. The molecule has 0 unspecified atom stereocenters. The molecule has 138 valence electrons. The Hall–Kier alpha value is -2.49. The molecule has 4 heteroatoms. The average Bonchev–Trinajstić information content (AvgIpc) is 2.69. The Balaban J connectivity index is 1.51. The standard InChI is InChI=1S/C22H27NO3/c1-25-20-9-8-19(15-21(20)26-2)14-18-10-12-23(13-11-18)22(24)16-17-6-4-3-5-7-17/h3-9,15,18H,10-14,16H2,1-2H3. The summed E-state index contributed by atoms with van der Waals surface area (Å²) < 4.78 is 10.7. The van der Waals surface area contributed by atoms with E-state index in [1.807, 2.05) is 41.3 Å². The lowest BCUT2D eigenvalue weighted by molar-refractivity contribution is -0.131. The number of ether oxygens (including phenoxy) is 2. The highest BCUT2D eigenvalue weighted by atomic mass is 16.5. The monoisotopic (exact) mass is 353 g/mol. The minimum atomic E-state index is 0.237. The van der Waals surface area contributed by atoms with Crippen LogP contribution in [-0.2, 0) is 17.6 Å². The van der Waals surface area contributed by atoms with Crippen LogP contribution >= 0.6 is 0 Å². The van der Waals surface area contributed by atoms with E-state index in [-0.39, 0.29) is 5.91 Å². The average molecular weight is 353 g/mol. The number of nitrogens with zero attached hydrogens (tertiary/aromatic N) is 1. The van der Waals surface area contributed by atoms with Crippen molar-refractivity contribution < 1.29 is 14.3 Å². The third kappa shape index (κ3) is 4.57. The van der Waals surface area contributed by atoms with E-state index in [1.165, 1.54) is 5.56 Å². The van der Waals surface area contributed by atoms with Crippen molar-refractivity contribution in [2.24, 2.45) is 5.92 Å². The maximum atomic E-state index is 12.5. The Labute approximate surface area is 155 Å². The SMILES string of the molecule is COc1ccc(CC2CCN(C(=O)Cc3ccccc3)CC2)cc1OC. The lowest BCUT2D eigenvalue weighted by Gasteiger charge is -2.32. The number of rotatable bonds is 6. The second-order valence-corrected chi connectivity index (χ2v) is 6.88. The summed E-state index contributed by atoms with van der Waals surface area (Å²) >= 11 is 0. The Morgan fingerprint density at radius 1 is 0.962 bits per heavy atom. The third-order valence-corrected chi connectivity index (χ3v) is 5.14. The first-order chi connectivity index (χ1) is 12.7. The highest BCUT2D eigenvalue weighted by Gasteiger charge is 2.23. The predicted molar refractivity (Wildman–Crippen MR) is 103 cm³/mol. The Kier molecular flexibility index (Phi) is 6.16. The molecule has 0 atom stereocenters. The number of benzene rings is 2. The minimum Gasteiger partial charge on any atom is -0.493 e. The number of carbonyl (C=O) groups excluding carboxylic acids is 1. The summed E-state index contributed by atoms with van der Waals surface area (Å²) in [6, 6.07) is 16.1. The first-order valence-corrected chi connectivity index (χ1v) is 9.22. The Bertz CT molecular complexity index is 721. The van der Waals surface area contributed by atoms with Gasteiger partial charge in [-0.15, -0.1) is 0 Å². The van der Waals surface area contributed by atoms with E-state index in [9.17, 15) is 4.79 Å². The number of methoxy groups -OCH3 is 2. The number of carbonyl (C=O) groups is 1. The number of amides is 1. The molecule has 0 bridgehead atoms. The molecule has 0 radical (unpaired) electrons. The molecule has 0 aromatic heterocycles. The fraction of sp³-hybridized carbons (Fsp3) is 0.409. The van der Waals surface area contributed by atoms with Crippen molar-refractivity contribution in [3.8, 4) is 11.5 Å². The lowest BCUT2D eigenvalue weighted by atomic mass is 9.90. The van der Waals surface area contributed by atoms with Crippen LogP contribution in [0.4, 0.5) is 0 Å². The normalized spacial score (nSPS) is 14.9. The number of hydrogen-bond acceptors (Lipinski definition) is 3. The summed E-state index contributed by atoms with van der Waals surface area (Å²) in [6.45, 7) is 1.70. The molecule has 3 rings (SSSR count). The van der Waals surface area contributed by atoms with Crippen LogP contribution < -0.4 is 9.47 Å². The molecule has 0 saturated carbocycles. The molecule has 1 fully saturated rings. The van der Waals surface area contributed by atoms with Crippen LogP contribution in [0.2, 0.25) is 0 Å². The molecule has 2 aromatic carbocycles. The second-order valence-electron chi connectivity index (χ2n) is 6.88. The quantitative estimate of drug-likeness (QED) is 0.794. The first kappa shape index (κ1) is 18.3. The van der Waals surface area contributed by atoms with E-state index in [4.69, 9.17) is 9.47 Å². The molecule has 1 aliphatic rings. The van der Waals surface area contributed by atoms with E-state index in [0.29, 0.717) is 12.3 Å². The van der Waals surface area contributed by atoms with Gasteiger partial charge in [0.2, 0.25) is 5.91 Å². The molecule has 0 spiro atoms. The zero-order valence-corrected chi connectivity index (χ0v) is 15.6. The number of piperidine rings is 1. The smallest absolute Gasteiger partial charge is 0.226 e. The van der Waals surface area contributed by atoms with Crippen LogP contribution in [0.3, 0.4) is 0 Å². The van der Waals surface area contributed by atoms with Crippen molar-refractivity contribution in [1.29, 1.82) is 0 Å². The van der Waals surface area contributed by atoms with Gasteiger partial charge in [0.15, 0.2) is 11.5 Å². The predicted octanol–water partition coefficient (Wildman–Crippen LogP) is 3.73. The van der Waals surface area contributed by atoms with Gasteiger partial charge < -0.3 is 14.4 Å². The van der Waals surface area contributed by atoms with Gasteiger partial charge >= 0.3 is 0 Å². The maximum Gasteiger partial charge on any atom is 0.226 e. The molecule has 1 aliphatic heterocycles. The van der Waals surface area contributed by atoms with E-state index < -0.39 is 0 Å². The van der Waals surface area contributed by atoms with Crippen molar-refractivity contribution in [3.05, 3.63) is 59.7 Å². The highest BCUT2D eigenvalue weighted by Crippen LogP contribution is 2.30. The topological polar surface area (TPSA) is 38.8 Å². The van der Waals surface area contributed by atoms with Gasteiger partial charge in [-0.2, -0.15) is 0 Å². The summed E-state index contributed by atoms with van der Waals surface area (Å²) in [4.78, 5) is 14.5. The highest BCUT2D eigenvalue weighted by molar-refractivity contribution is 5.78. The van der Waals surface area contributed by atoms with Crippen LogP contribution in [0, 0.1) is 5.92 Å². The van der Waals surface area contributed by atoms with E-state index in [1.54, 1.807) is 14.2 Å². The number of hydrogen-bond donors (Lipinski definition) is 0. The van der Waals surface area contributed by atoms with Gasteiger partial charge in [0.1, 0.15) is 0 Å². The molecule has 0 N–H and O–H groups in total. The lowest BCUT2D eigenvalue weighted by Crippen LogP contribution is -2.39. The van der Waals surface area contributed by atoms with Crippen molar-refractivity contribution in [3.63, 3.8) is 0 Å². The van der Waals surface area contributed by atoms with Crippen molar-refractivity contribution >= 4 is 5.91 Å². The summed E-state index contributed by atoms with van der Waals surface area (Å²) in [5, 5.41) is 0. The van der Waals surface area contributed by atoms with Crippen LogP contribution in [0.1, 0.15) is 24.0 Å². The van der Waals surface area contributed by atoms with Crippen molar-refractivity contribution in [2.75, 3.05) is 27.3 Å². The molecular formula is C22H27NO3. The summed E-state index contributed by atoms with van der Waals surface area (Å²) in [6.07, 6.45) is 3.62. The van der Waals surface area contributed by atoms with Crippen LogP contribution in [0.5, 0.6) is 11.5 Å². The fourth-order valence-corrected chi connectivity index (χ4v) is 3.61. The molecule has 4 nitrogen and oxygen atoms in total. The third-order valence-electron chi connectivity index (χ3n) is 5.14. The molecule has 1 amide bonds. The van der Waals surface area contributed by atoms with Gasteiger partial charge in [0.05, 0.1) is 20.6 Å². The molecule has 26 heavy (non-hydrogen) atoms. The van der Waals surface area contributed by atoms with Gasteiger partial charge in [0.25, 0.3) is 0 Å². The van der Waals surface area contributed by atoms with Gasteiger partial charge in [-0.1, -0.05) is 36.4 Å².